The maximum atomic E-state index is 12.6. The van der Waals surface area contributed by atoms with Crippen LogP contribution < -0.4 is 9.64 Å². The van der Waals surface area contributed by atoms with Crippen molar-refractivity contribution in [1.29, 1.82) is 0 Å². The lowest BCUT2D eigenvalue weighted by atomic mass is 10.1. The molecular weight excluding hydrogens is 278 g/mol. The van der Waals surface area contributed by atoms with Crippen LogP contribution in [0, 0.1) is 6.92 Å². The van der Waals surface area contributed by atoms with E-state index < -0.39 is 0 Å². The second kappa shape index (κ2) is 7.41. The highest BCUT2D eigenvalue weighted by Crippen LogP contribution is 2.20. The van der Waals surface area contributed by atoms with Crippen molar-refractivity contribution in [3.05, 3.63) is 59.7 Å². The molecule has 0 atom stereocenters. The molecule has 0 bridgehead atoms. The Morgan fingerprint density at radius 3 is 2.50 bits per heavy atom. The summed E-state index contributed by atoms with van der Waals surface area (Å²) in [7, 11) is 0. The molecule has 2 rings (SSSR count). The average Bonchev–Trinajstić information content (AvgIpc) is 2.54. The minimum atomic E-state index is -0.0602. The third kappa shape index (κ3) is 3.73. The summed E-state index contributed by atoms with van der Waals surface area (Å²) in [4.78, 5) is 24.7. The molecule has 1 amide bonds. The number of anilines is 1. The Kier molecular flexibility index (Phi) is 5.31. The van der Waals surface area contributed by atoms with E-state index in [-0.39, 0.29) is 12.5 Å². The SMILES string of the molecule is CCN(C(=O)c1ccc(OCC=O)cc1)c1cccc(C)c1. The fourth-order valence-electron chi connectivity index (χ4n) is 2.22. The van der Waals surface area contributed by atoms with Crippen molar-refractivity contribution in [2.45, 2.75) is 13.8 Å². The highest BCUT2D eigenvalue weighted by molar-refractivity contribution is 6.06. The Bertz CT molecular complexity index is 650. The van der Waals surface area contributed by atoms with Crippen LogP contribution in [0.4, 0.5) is 5.69 Å². The van der Waals surface area contributed by atoms with Gasteiger partial charge in [0.15, 0.2) is 6.29 Å². The van der Waals surface area contributed by atoms with Crippen LogP contribution in [0.1, 0.15) is 22.8 Å². The van der Waals surface area contributed by atoms with Crippen molar-refractivity contribution in [3.63, 3.8) is 0 Å². The van der Waals surface area contributed by atoms with Crippen LogP contribution in [0.25, 0.3) is 0 Å². The molecule has 0 aliphatic heterocycles. The van der Waals surface area contributed by atoms with Crippen molar-refractivity contribution in [3.8, 4) is 5.75 Å². The van der Waals surface area contributed by atoms with Gasteiger partial charge >= 0.3 is 0 Å². The number of hydrogen-bond acceptors (Lipinski definition) is 3. The summed E-state index contributed by atoms with van der Waals surface area (Å²) in [5.41, 5.74) is 2.58. The number of aldehydes is 1. The topological polar surface area (TPSA) is 46.6 Å². The van der Waals surface area contributed by atoms with E-state index in [1.54, 1.807) is 29.2 Å². The second-order valence-corrected chi connectivity index (χ2v) is 4.89. The van der Waals surface area contributed by atoms with E-state index in [9.17, 15) is 9.59 Å². The molecule has 0 radical (unpaired) electrons. The predicted octanol–water partition coefficient (Wildman–Crippen LogP) is 3.24. The number of hydrogen-bond donors (Lipinski definition) is 0. The van der Waals surface area contributed by atoms with E-state index in [2.05, 4.69) is 0 Å². The van der Waals surface area contributed by atoms with Crippen molar-refractivity contribution in [2.75, 3.05) is 18.1 Å². The molecule has 0 fully saturated rings. The Morgan fingerprint density at radius 2 is 1.91 bits per heavy atom. The van der Waals surface area contributed by atoms with Crippen molar-refractivity contribution < 1.29 is 14.3 Å². The zero-order valence-corrected chi connectivity index (χ0v) is 12.8. The standard InChI is InChI=1S/C18H19NO3/c1-3-19(16-6-4-5-14(2)13-16)18(21)15-7-9-17(10-8-15)22-12-11-20/h4-11,13H,3,12H2,1-2H3. The molecule has 2 aromatic rings. The number of amides is 1. The maximum Gasteiger partial charge on any atom is 0.258 e. The van der Waals surface area contributed by atoms with Crippen LogP contribution in [0.15, 0.2) is 48.5 Å². The average molecular weight is 297 g/mol. The summed E-state index contributed by atoms with van der Waals surface area (Å²) in [5.74, 6) is 0.511. The third-order valence-corrected chi connectivity index (χ3v) is 3.29. The van der Waals surface area contributed by atoms with E-state index in [4.69, 9.17) is 4.74 Å². The first-order valence-corrected chi connectivity index (χ1v) is 7.20. The largest absolute Gasteiger partial charge is 0.486 e. The van der Waals surface area contributed by atoms with Crippen LogP contribution in [-0.4, -0.2) is 25.3 Å². The molecule has 0 saturated heterocycles. The van der Waals surface area contributed by atoms with Gasteiger partial charge in [-0.25, -0.2) is 0 Å². The number of carbonyl (C=O) groups excluding carboxylic acids is 2. The molecule has 4 heteroatoms. The van der Waals surface area contributed by atoms with Gasteiger partial charge in [0.2, 0.25) is 0 Å². The summed E-state index contributed by atoms with van der Waals surface area (Å²) in [5, 5.41) is 0. The van der Waals surface area contributed by atoms with Crippen LogP contribution in [0.3, 0.4) is 0 Å². The molecule has 0 aromatic heterocycles. The first-order valence-electron chi connectivity index (χ1n) is 7.20. The van der Waals surface area contributed by atoms with Crippen molar-refractivity contribution >= 4 is 17.9 Å². The molecule has 0 spiro atoms. The molecule has 22 heavy (non-hydrogen) atoms. The lowest BCUT2D eigenvalue weighted by molar-refractivity contribution is -0.109. The van der Waals surface area contributed by atoms with Crippen molar-refractivity contribution in [2.24, 2.45) is 0 Å². The molecule has 0 aliphatic rings. The Labute approximate surface area is 130 Å². The smallest absolute Gasteiger partial charge is 0.258 e. The third-order valence-electron chi connectivity index (χ3n) is 3.29. The number of aryl methyl sites for hydroxylation is 1. The molecule has 0 heterocycles. The predicted molar refractivity (Wildman–Crippen MR) is 86.5 cm³/mol. The van der Waals surface area contributed by atoms with Gasteiger partial charge in [-0.15, -0.1) is 0 Å². The number of nitrogens with zero attached hydrogens (tertiary/aromatic N) is 1. The number of ether oxygens (including phenoxy) is 1. The van der Waals surface area contributed by atoms with E-state index in [0.29, 0.717) is 24.1 Å². The lowest BCUT2D eigenvalue weighted by Crippen LogP contribution is -2.30. The van der Waals surface area contributed by atoms with Crippen LogP contribution >= 0.6 is 0 Å². The molecule has 0 aliphatic carbocycles. The highest BCUT2D eigenvalue weighted by Gasteiger charge is 2.16. The summed E-state index contributed by atoms with van der Waals surface area (Å²) in [6, 6.07) is 14.7. The molecule has 0 unspecified atom stereocenters. The first kappa shape index (κ1) is 15.8. The fraction of sp³-hybridized carbons (Fsp3) is 0.222. The summed E-state index contributed by atoms with van der Waals surface area (Å²) >= 11 is 0. The number of rotatable bonds is 6. The lowest BCUT2D eigenvalue weighted by Gasteiger charge is -2.21. The van der Waals surface area contributed by atoms with E-state index >= 15 is 0 Å². The molecule has 0 N–H and O–H groups in total. The second-order valence-electron chi connectivity index (χ2n) is 4.89. The Hall–Kier alpha value is -2.62. The van der Waals surface area contributed by atoms with Gasteiger partial charge in [0.25, 0.3) is 5.91 Å². The van der Waals surface area contributed by atoms with Gasteiger partial charge in [0.05, 0.1) is 0 Å². The van der Waals surface area contributed by atoms with Gasteiger partial charge in [-0.2, -0.15) is 0 Å². The maximum absolute atomic E-state index is 12.6. The zero-order chi connectivity index (χ0) is 15.9. The van der Waals surface area contributed by atoms with E-state index in [1.165, 1.54) is 0 Å². The van der Waals surface area contributed by atoms with Crippen LogP contribution in [-0.2, 0) is 4.79 Å². The first-order chi connectivity index (χ1) is 10.7. The molecule has 4 nitrogen and oxygen atoms in total. The normalized spacial score (nSPS) is 10.1. The van der Waals surface area contributed by atoms with Gasteiger partial charge in [-0.3, -0.25) is 9.59 Å². The Balaban J connectivity index is 2.19. The van der Waals surface area contributed by atoms with Crippen LogP contribution in [0.2, 0.25) is 0 Å². The van der Waals surface area contributed by atoms with Crippen LogP contribution in [0.5, 0.6) is 5.75 Å². The van der Waals surface area contributed by atoms with Gasteiger partial charge < -0.3 is 9.64 Å². The van der Waals surface area contributed by atoms with Gasteiger partial charge in [-0.05, 0) is 55.8 Å². The monoisotopic (exact) mass is 297 g/mol. The summed E-state index contributed by atoms with van der Waals surface area (Å²) in [6.45, 7) is 4.55. The highest BCUT2D eigenvalue weighted by atomic mass is 16.5. The number of benzene rings is 2. The van der Waals surface area contributed by atoms with Gasteiger partial charge in [-0.1, -0.05) is 12.1 Å². The zero-order valence-electron chi connectivity index (χ0n) is 12.8. The van der Waals surface area contributed by atoms with E-state index in [0.717, 1.165) is 11.3 Å². The number of carbonyl (C=O) groups is 2. The van der Waals surface area contributed by atoms with E-state index in [1.807, 2.05) is 38.1 Å². The fourth-order valence-corrected chi connectivity index (χ4v) is 2.22. The quantitative estimate of drug-likeness (QED) is 0.769. The molecule has 114 valence electrons. The Morgan fingerprint density at radius 1 is 1.18 bits per heavy atom. The molecular formula is C18H19NO3. The summed E-state index contributed by atoms with van der Waals surface area (Å²) < 4.78 is 5.18. The van der Waals surface area contributed by atoms with Crippen molar-refractivity contribution in [1.82, 2.24) is 0 Å². The minimum Gasteiger partial charge on any atom is -0.486 e. The molecule has 2 aromatic carbocycles. The minimum absolute atomic E-state index is 0.0116. The summed E-state index contributed by atoms with van der Waals surface area (Å²) in [6.07, 6.45) is 0.690. The van der Waals surface area contributed by atoms with Gasteiger partial charge in [0.1, 0.15) is 12.4 Å². The van der Waals surface area contributed by atoms with Gasteiger partial charge in [0, 0.05) is 17.8 Å². The molecule has 0 saturated carbocycles.